The first kappa shape index (κ1) is 15.2. The molecule has 0 amide bonds. The second-order valence-electron chi connectivity index (χ2n) is 5.09. The SMILES string of the molecule is CC(C)(C)NCCNCc1cc(Cl)ccc1I. The fourth-order valence-electron chi connectivity index (χ4n) is 1.43. The van der Waals surface area contributed by atoms with Crippen LogP contribution in [0.3, 0.4) is 0 Å². The molecule has 0 radical (unpaired) electrons. The van der Waals surface area contributed by atoms with Crippen molar-refractivity contribution in [3.05, 3.63) is 32.4 Å². The lowest BCUT2D eigenvalue weighted by molar-refractivity contribution is 0.421. The van der Waals surface area contributed by atoms with E-state index < -0.39 is 0 Å². The molecule has 0 atom stereocenters. The van der Waals surface area contributed by atoms with E-state index in [1.165, 1.54) is 9.13 Å². The largest absolute Gasteiger partial charge is 0.311 e. The number of nitrogens with one attached hydrogen (secondary N) is 2. The van der Waals surface area contributed by atoms with Crippen molar-refractivity contribution in [1.82, 2.24) is 10.6 Å². The van der Waals surface area contributed by atoms with Gasteiger partial charge in [-0.3, -0.25) is 0 Å². The zero-order chi connectivity index (χ0) is 12.9. The molecule has 0 aliphatic carbocycles. The molecule has 2 N–H and O–H groups in total. The molecule has 1 aromatic carbocycles. The maximum Gasteiger partial charge on any atom is 0.0409 e. The van der Waals surface area contributed by atoms with E-state index in [4.69, 9.17) is 11.6 Å². The highest BCUT2D eigenvalue weighted by atomic mass is 127. The first-order valence-corrected chi connectivity index (χ1v) is 7.24. The Kier molecular flexibility index (Phi) is 6.20. The minimum atomic E-state index is 0.187. The molecule has 0 aliphatic rings. The van der Waals surface area contributed by atoms with Gasteiger partial charge in [0.05, 0.1) is 0 Å². The van der Waals surface area contributed by atoms with E-state index in [0.717, 1.165) is 24.7 Å². The molecule has 0 aromatic heterocycles. The summed E-state index contributed by atoms with van der Waals surface area (Å²) in [5, 5.41) is 7.66. The van der Waals surface area contributed by atoms with Crippen molar-refractivity contribution in [2.45, 2.75) is 32.9 Å². The first-order chi connectivity index (χ1) is 7.88. The summed E-state index contributed by atoms with van der Waals surface area (Å²) in [6, 6.07) is 5.99. The van der Waals surface area contributed by atoms with Gasteiger partial charge in [-0.05, 0) is 67.1 Å². The molecule has 0 unspecified atom stereocenters. The predicted molar refractivity (Wildman–Crippen MR) is 83.6 cm³/mol. The van der Waals surface area contributed by atoms with Crippen molar-refractivity contribution in [1.29, 1.82) is 0 Å². The van der Waals surface area contributed by atoms with E-state index in [-0.39, 0.29) is 5.54 Å². The summed E-state index contributed by atoms with van der Waals surface area (Å²) in [4.78, 5) is 0. The van der Waals surface area contributed by atoms with E-state index in [1.54, 1.807) is 0 Å². The Morgan fingerprint density at radius 3 is 2.59 bits per heavy atom. The molecule has 0 bridgehead atoms. The van der Waals surface area contributed by atoms with Crippen molar-refractivity contribution < 1.29 is 0 Å². The molecule has 0 fully saturated rings. The van der Waals surface area contributed by atoms with E-state index in [9.17, 15) is 0 Å². The van der Waals surface area contributed by atoms with Crippen LogP contribution < -0.4 is 10.6 Å². The predicted octanol–water partition coefficient (Wildman–Crippen LogP) is 3.42. The van der Waals surface area contributed by atoms with Crippen LogP contribution in [0.2, 0.25) is 5.02 Å². The monoisotopic (exact) mass is 366 g/mol. The molecule has 0 aliphatic heterocycles. The molecule has 0 saturated carbocycles. The zero-order valence-corrected chi connectivity index (χ0v) is 13.5. The molecule has 0 heterocycles. The van der Waals surface area contributed by atoms with Gasteiger partial charge < -0.3 is 10.6 Å². The lowest BCUT2D eigenvalue weighted by Crippen LogP contribution is -2.40. The van der Waals surface area contributed by atoms with Crippen LogP contribution in [-0.2, 0) is 6.54 Å². The van der Waals surface area contributed by atoms with Gasteiger partial charge in [-0.25, -0.2) is 0 Å². The fourth-order valence-corrected chi connectivity index (χ4v) is 2.15. The third kappa shape index (κ3) is 6.60. The topological polar surface area (TPSA) is 24.1 Å². The molecule has 0 saturated heterocycles. The number of benzene rings is 1. The van der Waals surface area contributed by atoms with Crippen molar-refractivity contribution in [3.8, 4) is 0 Å². The van der Waals surface area contributed by atoms with Crippen LogP contribution in [0.5, 0.6) is 0 Å². The Labute approximate surface area is 123 Å². The molecule has 4 heteroatoms. The summed E-state index contributed by atoms with van der Waals surface area (Å²) >= 11 is 8.31. The van der Waals surface area contributed by atoms with E-state index in [2.05, 4.69) is 54.0 Å². The Hall–Kier alpha value is 0.160. The van der Waals surface area contributed by atoms with Gasteiger partial charge in [0.2, 0.25) is 0 Å². The molecule has 96 valence electrons. The average molecular weight is 367 g/mol. The van der Waals surface area contributed by atoms with Crippen LogP contribution in [0.25, 0.3) is 0 Å². The van der Waals surface area contributed by atoms with Crippen LogP contribution >= 0.6 is 34.2 Å². The van der Waals surface area contributed by atoms with Crippen LogP contribution in [0.1, 0.15) is 26.3 Å². The fraction of sp³-hybridized carbons (Fsp3) is 0.538. The summed E-state index contributed by atoms with van der Waals surface area (Å²) in [7, 11) is 0. The number of hydrogen-bond acceptors (Lipinski definition) is 2. The van der Waals surface area contributed by atoms with Crippen LogP contribution in [-0.4, -0.2) is 18.6 Å². The van der Waals surface area contributed by atoms with Crippen molar-refractivity contribution in [3.63, 3.8) is 0 Å². The summed E-state index contributed by atoms with van der Waals surface area (Å²) in [6.07, 6.45) is 0. The number of rotatable bonds is 5. The minimum Gasteiger partial charge on any atom is -0.311 e. The first-order valence-electron chi connectivity index (χ1n) is 5.78. The number of hydrogen-bond donors (Lipinski definition) is 2. The Bertz CT molecular complexity index is 361. The Balaban J connectivity index is 2.29. The molecule has 1 rings (SSSR count). The normalized spacial score (nSPS) is 11.8. The van der Waals surface area contributed by atoms with E-state index in [0.29, 0.717) is 0 Å². The standard InChI is InChI=1S/C13H20ClIN2/c1-13(2,3)17-7-6-16-9-10-8-11(14)4-5-12(10)15/h4-5,8,16-17H,6-7,9H2,1-3H3. The molecule has 1 aromatic rings. The molecular weight excluding hydrogens is 347 g/mol. The molecular formula is C13H20ClIN2. The van der Waals surface area contributed by atoms with Crippen LogP contribution in [0.4, 0.5) is 0 Å². The quantitative estimate of drug-likeness (QED) is 0.616. The number of halogens is 2. The summed E-state index contributed by atoms with van der Waals surface area (Å²) < 4.78 is 1.25. The van der Waals surface area contributed by atoms with Gasteiger partial charge in [-0.15, -0.1) is 0 Å². The van der Waals surface area contributed by atoms with Crippen molar-refractivity contribution in [2.75, 3.05) is 13.1 Å². The van der Waals surface area contributed by atoms with Crippen LogP contribution in [0.15, 0.2) is 18.2 Å². The second-order valence-corrected chi connectivity index (χ2v) is 6.69. The smallest absolute Gasteiger partial charge is 0.0409 e. The van der Waals surface area contributed by atoms with Crippen LogP contribution in [0, 0.1) is 3.57 Å². The average Bonchev–Trinajstić information content (AvgIpc) is 2.21. The summed E-state index contributed by atoms with van der Waals surface area (Å²) in [5.74, 6) is 0. The third-order valence-corrected chi connectivity index (χ3v) is 3.57. The van der Waals surface area contributed by atoms with E-state index in [1.807, 2.05) is 18.2 Å². The maximum atomic E-state index is 5.97. The van der Waals surface area contributed by atoms with Gasteiger partial charge in [-0.1, -0.05) is 11.6 Å². The van der Waals surface area contributed by atoms with E-state index >= 15 is 0 Å². The highest BCUT2D eigenvalue weighted by molar-refractivity contribution is 14.1. The Morgan fingerprint density at radius 2 is 1.94 bits per heavy atom. The van der Waals surface area contributed by atoms with Gasteiger partial charge in [0.25, 0.3) is 0 Å². The second kappa shape index (κ2) is 6.92. The Morgan fingerprint density at radius 1 is 1.24 bits per heavy atom. The maximum absolute atomic E-state index is 5.97. The van der Waals surface area contributed by atoms with Gasteiger partial charge in [0, 0.05) is 33.8 Å². The van der Waals surface area contributed by atoms with Crippen molar-refractivity contribution >= 4 is 34.2 Å². The zero-order valence-electron chi connectivity index (χ0n) is 10.6. The summed E-state index contributed by atoms with van der Waals surface area (Å²) in [5.41, 5.74) is 1.44. The van der Waals surface area contributed by atoms with Gasteiger partial charge in [-0.2, -0.15) is 0 Å². The molecule has 2 nitrogen and oxygen atoms in total. The van der Waals surface area contributed by atoms with Gasteiger partial charge in [0.15, 0.2) is 0 Å². The highest BCUT2D eigenvalue weighted by Gasteiger charge is 2.07. The lowest BCUT2D eigenvalue weighted by atomic mass is 10.1. The van der Waals surface area contributed by atoms with Gasteiger partial charge in [0.1, 0.15) is 0 Å². The highest BCUT2D eigenvalue weighted by Crippen LogP contribution is 2.17. The molecule has 0 spiro atoms. The minimum absolute atomic E-state index is 0.187. The summed E-state index contributed by atoms with van der Waals surface area (Å²) in [6.45, 7) is 9.32. The van der Waals surface area contributed by atoms with Gasteiger partial charge >= 0.3 is 0 Å². The third-order valence-electron chi connectivity index (χ3n) is 2.28. The van der Waals surface area contributed by atoms with Crippen molar-refractivity contribution in [2.24, 2.45) is 0 Å². The lowest BCUT2D eigenvalue weighted by Gasteiger charge is -2.20. The molecule has 17 heavy (non-hydrogen) atoms.